The first-order chi connectivity index (χ1) is 9.30. The van der Waals surface area contributed by atoms with Crippen LogP contribution in [0.5, 0.6) is 0 Å². The topological polar surface area (TPSA) is 72.2 Å². The van der Waals surface area contributed by atoms with Gasteiger partial charge >= 0.3 is 0 Å². The summed E-state index contributed by atoms with van der Waals surface area (Å²) in [5, 5.41) is 3.45. The Morgan fingerprint density at radius 1 is 1.25 bits per heavy atom. The average molecular weight is 296 g/mol. The van der Waals surface area contributed by atoms with Gasteiger partial charge in [0.05, 0.1) is 16.3 Å². The molecule has 1 aliphatic carbocycles. The van der Waals surface area contributed by atoms with Crippen LogP contribution in [0.1, 0.15) is 33.1 Å². The number of benzene rings is 1. The molecule has 0 spiro atoms. The Morgan fingerprint density at radius 3 is 2.60 bits per heavy atom. The summed E-state index contributed by atoms with van der Waals surface area (Å²) in [6.45, 7) is 4.52. The summed E-state index contributed by atoms with van der Waals surface area (Å²) in [5.41, 5.74) is 7.09. The van der Waals surface area contributed by atoms with Gasteiger partial charge < -0.3 is 11.1 Å². The largest absolute Gasteiger partial charge is 0.396 e. The normalized spacial score (nSPS) is 27.2. The molecule has 1 saturated carbocycles. The van der Waals surface area contributed by atoms with Crippen LogP contribution in [0.15, 0.2) is 23.1 Å². The van der Waals surface area contributed by atoms with Crippen LogP contribution in [0.25, 0.3) is 0 Å². The second kappa shape index (κ2) is 5.64. The molecule has 1 aliphatic rings. The number of anilines is 2. The number of nitrogens with two attached hydrogens (primary N) is 1. The van der Waals surface area contributed by atoms with E-state index in [0.29, 0.717) is 23.6 Å². The van der Waals surface area contributed by atoms with Crippen molar-refractivity contribution in [3.63, 3.8) is 0 Å². The van der Waals surface area contributed by atoms with E-state index in [9.17, 15) is 8.42 Å². The number of para-hydroxylation sites is 1. The third-order valence-electron chi connectivity index (χ3n) is 4.51. The fourth-order valence-electron chi connectivity index (χ4n) is 2.98. The lowest BCUT2D eigenvalue weighted by atomic mass is 9.78. The highest BCUT2D eigenvalue weighted by Crippen LogP contribution is 2.34. The highest BCUT2D eigenvalue weighted by molar-refractivity contribution is 7.90. The van der Waals surface area contributed by atoms with Gasteiger partial charge in [-0.25, -0.2) is 8.42 Å². The van der Waals surface area contributed by atoms with E-state index < -0.39 is 9.84 Å². The van der Waals surface area contributed by atoms with E-state index in [1.54, 1.807) is 12.1 Å². The molecule has 0 bridgehead atoms. The minimum atomic E-state index is -3.29. The third-order valence-corrected chi connectivity index (χ3v) is 5.67. The van der Waals surface area contributed by atoms with Gasteiger partial charge in [-0.05, 0) is 30.4 Å². The van der Waals surface area contributed by atoms with Gasteiger partial charge in [0.25, 0.3) is 0 Å². The molecule has 1 fully saturated rings. The van der Waals surface area contributed by atoms with E-state index in [2.05, 4.69) is 19.2 Å². The van der Waals surface area contributed by atoms with Gasteiger partial charge in [-0.3, -0.25) is 0 Å². The Hall–Kier alpha value is -1.23. The summed E-state index contributed by atoms with van der Waals surface area (Å²) in [5.74, 6) is 1.24. The predicted octanol–water partition coefficient (Wildman–Crippen LogP) is 2.91. The van der Waals surface area contributed by atoms with Crippen molar-refractivity contribution in [3.05, 3.63) is 18.2 Å². The zero-order valence-corrected chi connectivity index (χ0v) is 13.2. The van der Waals surface area contributed by atoms with E-state index in [1.165, 1.54) is 19.1 Å². The van der Waals surface area contributed by atoms with Gasteiger partial charge in [0.1, 0.15) is 0 Å². The van der Waals surface area contributed by atoms with Crippen LogP contribution in [0.4, 0.5) is 11.4 Å². The molecule has 3 unspecified atom stereocenters. The molecule has 112 valence electrons. The minimum Gasteiger partial charge on any atom is -0.396 e. The minimum absolute atomic E-state index is 0.207. The van der Waals surface area contributed by atoms with Crippen LogP contribution >= 0.6 is 0 Å². The molecule has 5 heteroatoms. The van der Waals surface area contributed by atoms with Crippen LogP contribution in [-0.2, 0) is 9.84 Å². The maximum Gasteiger partial charge on any atom is 0.177 e. The maximum absolute atomic E-state index is 11.7. The Kier molecular flexibility index (Phi) is 4.28. The molecule has 3 N–H and O–H groups in total. The summed E-state index contributed by atoms with van der Waals surface area (Å²) in [6, 6.07) is 5.51. The summed E-state index contributed by atoms with van der Waals surface area (Å²) < 4.78 is 23.4. The molecule has 0 radical (unpaired) electrons. The zero-order chi connectivity index (χ0) is 14.9. The maximum atomic E-state index is 11.7. The SMILES string of the molecule is CC1CCCC(Nc2cccc(S(C)(=O)=O)c2N)C1C. The lowest BCUT2D eigenvalue weighted by molar-refractivity contribution is 0.253. The van der Waals surface area contributed by atoms with Crippen molar-refractivity contribution in [3.8, 4) is 0 Å². The second-order valence-electron chi connectivity index (χ2n) is 6.01. The fraction of sp³-hybridized carbons (Fsp3) is 0.600. The lowest BCUT2D eigenvalue weighted by Gasteiger charge is -2.35. The Labute approximate surface area is 121 Å². The van der Waals surface area contributed by atoms with Crippen molar-refractivity contribution in [1.29, 1.82) is 0 Å². The quantitative estimate of drug-likeness (QED) is 0.841. The molecule has 20 heavy (non-hydrogen) atoms. The lowest BCUT2D eigenvalue weighted by Crippen LogP contribution is -2.35. The van der Waals surface area contributed by atoms with Crippen LogP contribution < -0.4 is 11.1 Å². The second-order valence-corrected chi connectivity index (χ2v) is 7.99. The van der Waals surface area contributed by atoms with Gasteiger partial charge in [0, 0.05) is 12.3 Å². The Morgan fingerprint density at radius 2 is 1.95 bits per heavy atom. The van der Waals surface area contributed by atoms with E-state index >= 15 is 0 Å². The van der Waals surface area contributed by atoms with Crippen molar-refractivity contribution < 1.29 is 8.42 Å². The standard InChI is InChI=1S/C15H24N2O2S/c1-10-6-4-7-12(11(10)2)17-13-8-5-9-14(15(13)16)20(3,18)19/h5,8-12,17H,4,6-7,16H2,1-3H3. The summed E-state index contributed by atoms with van der Waals surface area (Å²) >= 11 is 0. The Bertz CT molecular complexity index is 584. The van der Waals surface area contributed by atoms with Crippen molar-refractivity contribution in [2.24, 2.45) is 11.8 Å². The number of hydrogen-bond acceptors (Lipinski definition) is 4. The number of nitrogen functional groups attached to an aromatic ring is 1. The first kappa shape index (κ1) is 15.2. The van der Waals surface area contributed by atoms with E-state index in [4.69, 9.17) is 5.73 Å². The van der Waals surface area contributed by atoms with Gasteiger partial charge in [-0.15, -0.1) is 0 Å². The Balaban J connectivity index is 2.26. The van der Waals surface area contributed by atoms with Crippen molar-refractivity contribution in [1.82, 2.24) is 0 Å². The fourth-order valence-corrected chi connectivity index (χ4v) is 3.81. The van der Waals surface area contributed by atoms with Crippen LogP contribution in [-0.4, -0.2) is 20.7 Å². The number of sulfone groups is 1. The zero-order valence-electron chi connectivity index (χ0n) is 12.4. The van der Waals surface area contributed by atoms with Gasteiger partial charge in [0.15, 0.2) is 9.84 Å². The van der Waals surface area contributed by atoms with Crippen LogP contribution in [0.2, 0.25) is 0 Å². The van der Waals surface area contributed by atoms with Crippen molar-refractivity contribution in [2.45, 2.75) is 44.0 Å². The van der Waals surface area contributed by atoms with Gasteiger partial charge in [-0.2, -0.15) is 0 Å². The average Bonchev–Trinajstić information content (AvgIpc) is 2.36. The molecule has 0 aromatic heterocycles. The van der Waals surface area contributed by atoms with Crippen molar-refractivity contribution in [2.75, 3.05) is 17.3 Å². The van der Waals surface area contributed by atoms with Gasteiger partial charge in [0.2, 0.25) is 0 Å². The molecular formula is C15H24N2O2S. The van der Waals surface area contributed by atoms with Crippen molar-refractivity contribution >= 4 is 21.2 Å². The monoisotopic (exact) mass is 296 g/mol. The smallest absolute Gasteiger partial charge is 0.177 e. The number of rotatable bonds is 3. The molecule has 0 saturated heterocycles. The molecule has 0 amide bonds. The molecule has 3 atom stereocenters. The van der Waals surface area contributed by atoms with E-state index in [1.807, 2.05) is 6.07 Å². The van der Waals surface area contributed by atoms with E-state index in [-0.39, 0.29) is 4.90 Å². The first-order valence-electron chi connectivity index (χ1n) is 7.15. The first-order valence-corrected chi connectivity index (χ1v) is 9.05. The third kappa shape index (κ3) is 3.08. The molecule has 2 rings (SSSR count). The van der Waals surface area contributed by atoms with Gasteiger partial charge in [-0.1, -0.05) is 32.8 Å². The number of nitrogens with one attached hydrogen (secondary N) is 1. The predicted molar refractivity (Wildman–Crippen MR) is 83.6 cm³/mol. The molecule has 0 heterocycles. The highest BCUT2D eigenvalue weighted by Gasteiger charge is 2.27. The number of hydrogen-bond donors (Lipinski definition) is 2. The molecule has 1 aromatic carbocycles. The molecule has 4 nitrogen and oxygen atoms in total. The summed E-state index contributed by atoms with van der Waals surface area (Å²) in [7, 11) is -3.29. The van der Waals surface area contributed by atoms with Crippen LogP contribution in [0, 0.1) is 11.8 Å². The summed E-state index contributed by atoms with van der Waals surface area (Å²) in [4.78, 5) is 0.207. The molecular weight excluding hydrogens is 272 g/mol. The molecule has 0 aliphatic heterocycles. The van der Waals surface area contributed by atoms with Crippen LogP contribution in [0.3, 0.4) is 0 Å². The summed E-state index contributed by atoms with van der Waals surface area (Å²) in [6.07, 6.45) is 4.76. The highest BCUT2D eigenvalue weighted by atomic mass is 32.2. The van der Waals surface area contributed by atoms with E-state index in [0.717, 1.165) is 12.1 Å². The molecule has 1 aromatic rings.